The van der Waals surface area contributed by atoms with Crippen molar-refractivity contribution < 1.29 is 14.3 Å². The molecule has 1 saturated heterocycles. The summed E-state index contributed by atoms with van der Waals surface area (Å²) in [6.45, 7) is 4.70. The monoisotopic (exact) mass is 512 g/mol. The van der Waals surface area contributed by atoms with Crippen molar-refractivity contribution in [1.82, 2.24) is 24.6 Å². The molecule has 0 N–H and O–H groups in total. The van der Waals surface area contributed by atoms with E-state index in [2.05, 4.69) is 22.1 Å². The van der Waals surface area contributed by atoms with Crippen molar-refractivity contribution in [3.8, 4) is 5.69 Å². The Hall–Kier alpha value is -4.27. The van der Waals surface area contributed by atoms with Crippen molar-refractivity contribution in [1.29, 1.82) is 0 Å². The molecule has 1 aliphatic heterocycles. The molecular formula is C29H32N6O3. The molecule has 0 saturated carbocycles. The van der Waals surface area contributed by atoms with Gasteiger partial charge in [-0.1, -0.05) is 48.5 Å². The smallest absolute Gasteiger partial charge is 0.306 e. The fraction of sp³-hybridized carbons (Fsp3) is 0.345. The summed E-state index contributed by atoms with van der Waals surface area (Å²) in [7, 11) is 0. The van der Waals surface area contributed by atoms with Crippen molar-refractivity contribution >= 4 is 28.7 Å². The Balaban J connectivity index is 1.42. The van der Waals surface area contributed by atoms with Gasteiger partial charge in [0.2, 0.25) is 5.91 Å². The van der Waals surface area contributed by atoms with E-state index in [-0.39, 0.29) is 24.7 Å². The standard InChI is InChI=1S/C29H32N6O3/c1-2-38-27(37)15-14-26(36)33-16-9-17-34(19-18-33)28-24-21-30-35(23-12-7-4-8-13-23)29(24)32-25(31-28)20-22-10-5-3-6-11-22/h3-8,10-13,21H,2,9,14-20H2,1H3. The molecule has 1 amide bonds. The topological polar surface area (TPSA) is 93.5 Å². The number of hydrogen-bond acceptors (Lipinski definition) is 7. The number of carbonyl (C=O) groups is 2. The van der Waals surface area contributed by atoms with E-state index in [1.165, 1.54) is 0 Å². The molecule has 2 aromatic carbocycles. The number of ether oxygens (including phenoxy) is 1. The first kappa shape index (κ1) is 25.4. The van der Waals surface area contributed by atoms with Crippen LogP contribution in [0.25, 0.3) is 16.7 Å². The maximum atomic E-state index is 12.8. The molecule has 4 aromatic rings. The molecule has 38 heavy (non-hydrogen) atoms. The largest absolute Gasteiger partial charge is 0.466 e. The molecule has 9 heteroatoms. The van der Waals surface area contributed by atoms with Gasteiger partial charge in [-0.2, -0.15) is 5.10 Å². The maximum Gasteiger partial charge on any atom is 0.306 e. The first-order valence-electron chi connectivity index (χ1n) is 13.1. The zero-order valence-corrected chi connectivity index (χ0v) is 21.6. The quantitative estimate of drug-likeness (QED) is 0.332. The third kappa shape index (κ3) is 5.82. The van der Waals surface area contributed by atoms with Gasteiger partial charge in [0.1, 0.15) is 11.6 Å². The van der Waals surface area contributed by atoms with E-state index in [4.69, 9.17) is 14.7 Å². The lowest BCUT2D eigenvalue weighted by molar-refractivity contribution is -0.145. The van der Waals surface area contributed by atoms with Crippen LogP contribution in [0.1, 0.15) is 37.6 Å². The molecule has 5 rings (SSSR count). The molecule has 0 unspecified atom stereocenters. The average Bonchev–Trinajstić information content (AvgIpc) is 3.21. The minimum absolute atomic E-state index is 0.0191. The molecule has 0 spiro atoms. The van der Waals surface area contributed by atoms with E-state index in [1.807, 2.05) is 64.3 Å². The SMILES string of the molecule is CCOC(=O)CCC(=O)N1CCCN(c2nc(Cc3ccccc3)nc3c2cnn3-c2ccccc2)CC1. The molecule has 0 aliphatic carbocycles. The van der Waals surface area contributed by atoms with E-state index in [0.29, 0.717) is 32.7 Å². The second-order valence-electron chi connectivity index (χ2n) is 9.28. The molecule has 196 valence electrons. The minimum Gasteiger partial charge on any atom is -0.466 e. The Morgan fingerprint density at radius 2 is 1.66 bits per heavy atom. The zero-order valence-electron chi connectivity index (χ0n) is 21.6. The lowest BCUT2D eigenvalue weighted by Gasteiger charge is -2.24. The predicted molar refractivity (Wildman–Crippen MR) is 145 cm³/mol. The van der Waals surface area contributed by atoms with Gasteiger partial charge in [-0.05, 0) is 31.0 Å². The molecule has 3 heterocycles. The number of benzene rings is 2. The number of hydrogen-bond donors (Lipinski definition) is 0. The van der Waals surface area contributed by atoms with Crippen LogP contribution in [0.4, 0.5) is 5.82 Å². The number of amides is 1. The first-order chi connectivity index (χ1) is 18.6. The zero-order chi connectivity index (χ0) is 26.3. The minimum atomic E-state index is -0.331. The maximum absolute atomic E-state index is 12.8. The van der Waals surface area contributed by atoms with E-state index in [1.54, 1.807) is 6.92 Å². The Morgan fingerprint density at radius 1 is 0.895 bits per heavy atom. The van der Waals surface area contributed by atoms with Crippen LogP contribution in [0.3, 0.4) is 0 Å². The Kier molecular flexibility index (Phi) is 7.92. The fourth-order valence-electron chi connectivity index (χ4n) is 4.77. The number of rotatable bonds is 8. The van der Waals surface area contributed by atoms with Crippen LogP contribution < -0.4 is 4.90 Å². The Labute approximate surface area is 222 Å². The fourth-order valence-corrected chi connectivity index (χ4v) is 4.77. The third-order valence-electron chi connectivity index (χ3n) is 6.66. The summed E-state index contributed by atoms with van der Waals surface area (Å²) in [5.41, 5.74) is 2.84. The number of fused-ring (bicyclic) bond motifs is 1. The van der Waals surface area contributed by atoms with Gasteiger partial charge in [-0.15, -0.1) is 0 Å². The van der Waals surface area contributed by atoms with Gasteiger partial charge >= 0.3 is 5.97 Å². The number of para-hydroxylation sites is 1. The Morgan fingerprint density at radius 3 is 2.42 bits per heavy atom. The van der Waals surface area contributed by atoms with E-state index >= 15 is 0 Å². The van der Waals surface area contributed by atoms with Crippen molar-refractivity contribution in [2.24, 2.45) is 0 Å². The highest BCUT2D eigenvalue weighted by atomic mass is 16.5. The summed E-state index contributed by atoms with van der Waals surface area (Å²) in [6, 6.07) is 20.2. The van der Waals surface area contributed by atoms with E-state index in [9.17, 15) is 9.59 Å². The first-order valence-corrected chi connectivity index (χ1v) is 13.1. The second-order valence-corrected chi connectivity index (χ2v) is 9.28. The molecule has 0 radical (unpaired) electrons. The van der Waals surface area contributed by atoms with Crippen LogP contribution >= 0.6 is 0 Å². The van der Waals surface area contributed by atoms with Crippen molar-refractivity contribution in [3.63, 3.8) is 0 Å². The average molecular weight is 513 g/mol. The molecule has 0 bridgehead atoms. The van der Waals surface area contributed by atoms with Crippen LogP contribution in [0.15, 0.2) is 66.9 Å². The van der Waals surface area contributed by atoms with Crippen molar-refractivity contribution in [2.75, 3.05) is 37.7 Å². The number of aromatic nitrogens is 4. The number of carbonyl (C=O) groups excluding carboxylic acids is 2. The highest BCUT2D eigenvalue weighted by molar-refractivity contribution is 5.88. The van der Waals surface area contributed by atoms with Gasteiger partial charge in [0.05, 0.1) is 30.3 Å². The van der Waals surface area contributed by atoms with Crippen LogP contribution in [0, 0.1) is 0 Å². The lowest BCUT2D eigenvalue weighted by Crippen LogP contribution is -2.35. The second kappa shape index (κ2) is 11.9. The van der Waals surface area contributed by atoms with Gasteiger partial charge in [0, 0.05) is 39.0 Å². The molecule has 0 atom stereocenters. The van der Waals surface area contributed by atoms with Crippen LogP contribution in [0.5, 0.6) is 0 Å². The normalized spacial score (nSPS) is 13.9. The highest BCUT2D eigenvalue weighted by Gasteiger charge is 2.24. The van der Waals surface area contributed by atoms with E-state index in [0.717, 1.165) is 46.9 Å². The molecule has 1 aliphatic rings. The third-order valence-corrected chi connectivity index (χ3v) is 6.66. The number of nitrogens with zero attached hydrogens (tertiary/aromatic N) is 6. The number of anilines is 1. The summed E-state index contributed by atoms with van der Waals surface area (Å²) >= 11 is 0. The summed E-state index contributed by atoms with van der Waals surface area (Å²) in [6.07, 6.45) is 3.52. The van der Waals surface area contributed by atoms with Crippen molar-refractivity contribution in [3.05, 3.63) is 78.2 Å². The van der Waals surface area contributed by atoms with Gasteiger partial charge in [-0.3, -0.25) is 9.59 Å². The Bertz CT molecular complexity index is 1390. The summed E-state index contributed by atoms with van der Waals surface area (Å²) in [4.78, 5) is 38.5. The lowest BCUT2D eigenvalue weighted by atomic mass is 10.1. The summed E-state index contributed by atoms with van der Waals surface area (Å²) in [5.74, 6) is 1.21. The van der Waals surface area contributed by atoms with Crippen LogP contribution in [-0.4, -0.2) is 69.3 Å². The van der Waals surface area contributed by atoms with E-state index < -0.39 is 0 Å². The van der Waals surface area contributed by atoms with Crippen LogP contribution in [0.2, 0.25) is 0 Å². The molecule has 1 fully saturated rings. The van der Waals surface area contributed by atoms with Gasteiger partial charge in [0.25, 0.3) is 0 Å². The van der Waals surface area contributed by atoms with Crippen molar-refractivity contribution in [2.45, 2.75) is 32.6 Å². The summed E-state index contributed by atoms with van der Waals surface area (Å²) in [5, 5.41) is 5.55. The van der Waals surface area contributed by atoms with Gasteiger partial charge in [0.15, 0.2) is 5.65 Å². The van der Waals surface area contributed by atoms with Crippen LogP contribution in [-0.2, 0) is 20.7 Å². The molecular weight excluding hydrogens is 480 g/mol. The summed E-state index contributed by atoms with van der Waals surface area (Å²) < 4.78 is 6.83. The molecule has 2 aromatic heterocycles. The molecule has 9 nitrogen and oxygen atoms in total. The van der Waals surface area contributed by atoms with Gasteiger partial charge in [-0.25, -0.2) is 14.6 Å². The highest BCUT2D eigenvalue weighted by Crippen LogP contribution is 2.27. The number of esters is 1. The predicted octanol–water partition coefficient (Wildman–Crippen LogP) is 3.79. The van der Waals surface area contributed by atoms with Gasteiger partial charge < -0.3 is 14.5 Å².